The Morgan fingerprint density at radius 2 is 2.10 bits per heavy atom. The molecule has 0 fully saturated rings. The van der Waals surface area contributed by atoms with Gasteiger partial charge in [-0.25, -0.2) is 9.37 Å². The summed E-state index contributed by atoms with van der Waals surface area (Å²) in [6, 6.07) is 3.35. The lowest BCUT2D eigenvalue weighted by Crippen LogP contribution is -2.15. The van der Waals surface area contributed by atoms with Crippen molar-refractivity contribution in [3.05, 3.63) is 23.8 Å². The Kier molecular flexibility index (Phi) is 4.53. The molecule has 2 atom stereocenters. The number of aromatic nitrogens is 2. The summed E-state index contributed by atoms with van der Waals surface area (Å²) in [6.07, 6.45) is 1.06. The van der Waals surface area contributed by atoms with E-state index in [0.717, 1.165) is 17.8 Å². The SMILES string of the molecule is CCC(C)C(C)n1c(CCl)nc2cc(F)c(OC)cc21. The standard InChI is InChI=1S/C15H20ClFN2O/c1-5-9(2)10(3)19-13-7-14(20-4)11(17)6-12(13)18-15(19)8-16/h6-7,9-10H,5,8H2,1-4H3. The highest BCUT2D eigenvalue weighted by atomic mass is 35.5. The fourth-order valence-corrected chi connectivity index (χ4v) is 2.64. The van der Waals surface area contributed by atoms with Crippen LogP contribution in [0.5, 0.6) is 5.75 Å². The second-order valence-electron chi connectivity index (χ2n) is 5.13. The lowest BCUT2D eigenvalue weighted by molar-refractivity contribution is 0.369. The van der Waals surface area contributed by atoms with Crippen molar-refractivity contribution in [1.82, 2.24) is 9.55 Å². The number of rotatable bonds is 5. The van der Waals surface area contributed by atoms with E-state index >= 15 is 0 Å². The minimum Gasteiger partial charge on any atom is -0.494 e. The van der Waals surface area contributed by atoms with E-state index in [1.165, 1.54) is 13.2 Å². The Morgan fingerprint density at radius 3 is 2.65 bits per heavy atom. The van der Waals surface area contributed by atoms with Gasteiger partial charge in [0.25, 0.3) is 0 Å². The zero-order chi connectivity index (χ0) is 14.9. The van der Waals surface area contributed by atoms with Crippen molar-refractivity contribution in [2.45, 2.75) is 39.1 Å². The third-order valence-corrected chi connectivity index (χ3v) is 4.27. The summed E-state index contributed by atoms with van der Waals surface area (Å²) in [6.45, 7) is 6.48. The van der Waals surface area contributed by atoms with E-state index in [2.05, 4.69) is 30.3 Å². The number of hydrogen-bond acceptors (Lipinski definition) is 2. The molecule has 0 radical (unpaired) electrons. The summed E-state index contributed by atoms with van der Waals surface area (Å²) in [7, 11) is 1.46. The summed E-state index contributed by atoms with van der Waals surface area (Å²) >= 11 is 6.00. The summed E-state index contributed by atoms with van der Waals surface area (Å²) in [4.78, 5) is 4.44. The average Bonchev–Trinajstić information content (AvgIpc) is 2.81. The normalized spacial score (nSPS) is 14.5. The molecular weight excluding hydrogens is 279 g/mol. The molecule has 20 heavy (non-hydrogen) atoms. The first-order chi connectivity index (χ1) is 9.53. The van der Waals surface area contributed by atoms with E-state index in [4.69, 9.17) is 16.3 Å². The lowest BCUT2D eigenvalue weighted by Gasteiger charge is -2.22. The van der Waals surface area contributed by atoms with Crippen LogP contribution >= 0.6 is 11.6 Å². The fourth-order valence-electron chi connectivity index (χ4n) is 2.45. The second kappa shape index (κ2) is 6.00. The van der Waals surface area contributed by atoms with Gasteiger partial charge in [0.1, 0.15) is 5.82 Å². The summed E-state index contributed by atoms with van der Waals surface area (Å²) in [5.74, 6) is 1.38. The van der Waals surface area contributed by atoms with Crippen molar-refractivity contribution in [1.29, 1.82) is 0 Å². The topological polar surface area (TPSA) is 27.1 Å². The quantitative estimate of drug-likeness (QED) is 0.758. The van der Waals surface area contributed by atoms with Crippen LogP contribution in [-0.2, 0) is 5.88 Å². The molecular formula is C15H20ClFN2O. The maximum Gasteiger partial charge on any atom is 0.167 e. The molecule has 0 saturated heterocycles. The Balaban J connectivity index is 2.67. The van der Waals surface area contributed by atoms with Crippen LogP contribution in [0.15, 0.2) is 12.1 Å². The molecule has 0 aliphatic carbocycles. The van der Waals surface area contributed by atoms with Crippen LogP contribution in [0.2, 0.25) is 0 Å². The predicted molar refractivity (Wildman–Crippen MR) is 80.0 cm³/mol. The molecule has 1 heterocycles. The average molecular weight is 299 g/mol. The Bertz CT molecular complexity index is 611. The van der Waals surface area contributed by atoms with Gasteiger partial charge in [-0.05, 0) is 12.8 Å². The summed E-state index contributed by atoms with van der Waals surface area (Å²) < 4.78 is 20.9. The van der Waals surface area contributed by atoms with Crippen LogP contribution in [0.25, 0.3) is 11.0 Å². The number of nitrogens with zero attached hydrogens (tertiary/aromatic N) is 2. The molecule has 1 aromatic heterocycles. The van der Waals surface area contributed by atoms with Crippen molar-refractivity contribution < 1.29 is 9.13 Å². The molecule has 110 valence electrons. The highest BCUT2D eigenvalue weighted by Gasteiger charge is 2.20. The summed E-state index contributed by atoms with van der Waals surface area (Å²) in [5.41, 5.74) is 1.49. The third kappa shape index (κ3) is 2.49. The zero-order valence-corrected chi connectivity index (χ0v) is 13.0. The van der Waals surface area contributed by atoms with Gasteiger partial charge in [0.05, 0.1) is 24.0 Å². The Morgan fingerprint density at radius 1 is 1.40 bits per heavy atom. The number of ether oxygens (including phenoxy) is 1. The van der Waals surface area contributed by atoms with Gasteiger partial charge in [0.15, 0.2) is 11.6 Å². The van der Waals surface area contributed by atoms with E-state index < -0.39 is 5.82 Å². The predicted octanol–water partition coefficient (Wildman–Crippen LogP) is 4.53. The Labute approximate surface area is 123 Å². The van der Waals surface area contributed by atoms with Crippen LogP contribution in [-0.4, -0.2) is 16.7 Å². The molecule has 0 aliphatic rings. The third-order valence-electron chi connectivity index (χ3n) is 4.03. The second-order valence-corrected chi connectivity index (χ2v) is 5.40. The fraction of sp³-hybridized carbons (Fsp3) is 0.533. The number of alkyl halides is 1. The first kappa shape index (κ1) is 15.1. The Hall–Kier alpha value is -1.29. The van der Waals surface area contributed by atoms with Crippen LogP contribution in [0.4, 0.5) is 4.39 Å². The van der Waals surface area contributed by atoms with Gasteiger partial charge in [-0.15, -0.1) is 11.6 Å². The van der Waals surface area contributed by atoms with Gasteiger partial charge in [0.2, 0.25) is 0 Å². The van der Waals surface area contributed by atoms with Gasteiger partial charge in [-0.3, -0.25) is 0 Å². The zero-order valence-electron chi connectivity index (χ0n) is 12.3. The van der Waals surface area contributed by atoms with Gasteiger partial charge in [-0.1, -0.05) is 20.3 Å². The largest absolute Gasteiger partial charge is 0.494 e. The van der Waals surface area contributed by atoms with Gasteiger partial charge in [-0.2, -0.15) is 0 Å². The first-order valence-corrected chi connectivity index (χ1v) is 7.37. The van der Waals surface area contributed by atoms with Crippen LogP contribution in [0.1, 0.15) is 39.1 Å². The summed E-state index contributed by atoms with van der Waals surface area (Å²) in [5, 5.41) is 0. The number of methoxy groups -OCH3 is 1. The van der Waals surface area contributed by atoms with Crippen molar-refractivity contribution in [3.8, 4) is 5.75 Å². The molecule has 1 aromatic carbocycles. The number of benzene rings is 1. The first-order valence-electron chi connectivity index (χ1n) is 6.83. The lowest BCUT2D eigenvalue weighted by atomic mass is 10.0. The van der Waals surface area contributed by atoms with Gasteiger partial charge in [0, 0.05) is 18.2 Å². The molecule has 0 saturated carbocycles. The van der Waals surface area contributed by atoms with E-state index in [9.17, 15) is 4.39 Å². The van der Waals surface area contributed by atoms with Crippen LogP contribution in [0.3, 0.4) is 0 Å². The van der Waals surface area contributed by atoms with Crippen LogP contribution < -0.4 is 4.74 Å². The van der Waals surface area contributed by atoms with Crippen molar-refractivity contribution in [3.63, 3.8) is 0 Å². The molecule has 3 nitrogen and oxygen atoms in total. The maximum absolute atomic E-state index is 13.8. The van der Waals surface area contributed by atoms with E-state index in [1.54, 1.807) is 6.07 Å². The number of hydrogen-bond donors (Lipinski definition) is 0. The minimum absolute atomic E-state index is 0.233. The maximum atomic E-state index is 13.8. The molecule has 0 spiro atoms. The van der Waals surface area contributed by atoms with E-state index in [1.807, 2.05) is 0 Å². The molecule has 0 amide bonds. The number of halogens is 2. The highest BCUT2D eigenvalue weighted by Crippen LogP contribution is 2.31. The highest BCUT2D eigenvalue weighted by molar-refractivity contribution is 6.16. The molecule has 0 N–H and O–H groups in total. The molecule has 2 unspecified atom stereocenters. The molecule has 0 aliphatic heterocycles. The van der Waals surface area contributed by atoms with E-state index in [-0.39, 0.29) is 11.8 Å². The minimum atomic E-state index is -0.401. The van der Waals surface area contributed by atoms with Crippen LogP contribution in [0, 0.1) is 11.7 Å². The van der Waals surface area contributed by atoms with Crippen molar-refractivity contribution in [2.75, 3.05) is 7.11 Å². The van der Waals surface area contributed by atoms with Crippen molar-refractivity contribution >= 4 is 22.6 Å². The molecule has 2 rings (SSSR count). The smallest absolute Gasteiger partial charge is 0.167 e. The number of imidazole rings is 1. The molecule has 5 heteroatoms. The molecule has 2 aromatic rings. The monoisotopic (exact) mass is 298 g/mol. The molecule has 0 bridgehead atoms. The van der Waals surface area contributed by atoms with E-state index in [0.29, 0.717) is 17.3 Å². The van der Waals surface area contributed by atoms with Crippen molar-refractivity contribution in [2.24, 2.45) is 5.92 Å². The van der Waals surface area contributed by atoms with Gasteiger partial charge < -0.3 is 9.30 Å². The van der Waals surface area contributed by atoms with Gasteiger partial charge >= 0.3 is 0 Å². The number of fused-ring (bicyclic) bond motifs is 1.